The molecule has 142 valence electrons. The number of nitrogens with zero attached hydrogens (tertiary/aromatic N) is 1. The Morgan fingerprint density at radius 2 is 1.56 bits per heavy atom. The van der Waals surface area contributed by atoms with E-state index in [1.807, 2.05) is 0 Å². The molecule has 0 unspecified atom stereocenters. The van der Waals surface area contributed by atoms with Crippen molar-refractivity contribution in [2.24, 2.45) is 0 Å². The van der Waals surface area contributed by atoms with Gasteiger partial charge in [0.1, 0.15) is 0 Å². The van der Waals surface area contributed by atoms with Gasteiger partial charge in [-0.3, -0.25) is 20.4 Å². The maximum atomic E-state index is 12.2. The van der Waals surface area contributed by atoms with E-state index in [1.165, 1.54) is 50.5 Å². The van der Waals surface area contributed by atoms with Crippen molar-refractivity contribution in [1.29, 1.82) is 0 Å². The lowest BCUT2D eigenvalue weighted by Gasteiger charge is -2.12. The van der Waals surface area contributed by atoms with Crippen molar-refractivity contribution in [3.8, 4) is 11.5 Å². The predicted octanol–water partition coefficient (Wildman–Crippen LogP) is 0.740. The van der Waals surface area contributed by atoms with Crippen LogP contribution in [-0.2, 0) is 10.0 Å². The SMILES string of the molecule is CN(C)S(=O)(=O)c1cccc(C(=O)NNC(=O)c2ccc3c(c2)OCO3)c1. The van der Waals surface area contributed by atoms with Crippen LogP contribution >= 0.6 is 0 Å². The third-order valence-electron chi connectivity index (χ3n) is 3.80. The Bertz CT molecular complexity index is 1000. The molecule has 2 aromatic carbocycles. The number of fused-ring (bicyclic) bond motifs is 1. The minimum atomic E-state index is -3.67. The quantitative estimate of drug-likeness (QED) is 0.743. The van der Waals surface area contributed by atoms with Gasteiger partial charge in [-0.05, 0) is 36.4 Å². The molecule has 2 amide bonds. The second kappa shape index (κ2) is 7.25. The van der Waals surface area contributed by atoms with Crippen LogP contribution in [0.15, 0.2) is 47.4 Å². The van der Waals surface area contributed by atoms with Crippen LogP contribution in [0.5, 0.6) is 11.5 Å². The third-order valence-corrected chi connectivity index (χ3v) is 5.61. The normalized spacial score (nSPS) is 12.7. The average molecular weight is 391 g/mol. The summed E-state index contributed by atoms with van der Waals surface area (Å²) in [5.74, 6) is -0.233. The second-order valence-electron chi connectivity index (χ2n) is 5.79. The van der Waals surface area contributed by atoms with E-state index >= 15 is 0 Å². The van der Waals surface area contributed by atoms with E-state index in [4.69, 9.17) is 9.47 Å². The summed E-state index contributed by atoms with van der Waals surface area (Å²) in [6, 6.07) is 10.1. The summed E-state index contributed by atoms with van der Waals surface area (Å²) in [6.07, 6.45) is 0. The van der Waals surface area contributed by atoms with Crippen LogP contribution in [0.4, 0.5) is 0 Å². The molecule has 2 N–H and O–H groups in total. The average Bonchev–Trinajstić information content (AvgIpc) is 3.13. The Morgan fingerprint density at radius 3 is 2.22 bits per heavy atom. The summed E-state index contributed by atoms with van der Waals surface area (Å²) in [5.41, 5.74) is 4.88. The van der Waals surface area contributed by atoms with Gasteiger partial charge in [0.05, 0.1) is 4.90 Å². The molecule has 2 aromatic rings. The second-order valence-corrected chi connectivity index (χ2v) is 7.94. The molecular formula is C17H17N3O6S. The fourth-order valence-corrected chi connectivity index (χ4v) is 3.25. The first kappa shape index (κ1) is 18.7. The molecule has 0 aromatic heterocycles. The van der Waals surface area contributed by atoms with Gasteiger partial charge in [-0.2, -0.15) is 0 Å². The van der Waals surface area contributed by atoms with Crippen LogP contribution in [-0.4, -0.2) is 45.4 Å². The van der Waals surface area contributed by atoms with E-state index in [0.29, 0.717) is 11.5 Å². The molecule has 1 aliphatic heterocycles. The minimum absolute atomic E-state index is 0.0257. The van der Waals surface area contributed by atoms with Gasteiger partial charge in [0.25, 0.3) is 11.8 Å². The largest absolute Gasteiger partial charge is 0.454 e. The van der Waals surface area contributed by atoms with Gasteiger partial charge in [-0.25, -0.2) is 12.7 Å². The molecule has 0 aliphatic carbocycles. The summed E-state index contributed by atoms with van der Waals surface area (Å²) >= 11 is 0. The molecule has 0 saturated heterocycles. The van der Waals surface area contributed by atoms with E-state index in [1.54, 1.807) is 6.07 Å². The minimum Gasteiger partial charge on any atom is -0.454 e. The van der Waals surface area contributed by atoms with Crippen molar-refractivity contribution in [3.63, 3.8) is 0 Å². The highest BCUT2D eigenvalue weighted by Crippen LogP contribution is 2.32. The van der Waals surface area contributed by atoms with E-state index < -0.39 is 21.8 Å². The topological polar surface area (TPSA) is 114 Å². The number of carbonyl (C=O) groups is 2. The Hall–Kier alpha value is -3.11. The standard InChI is InChI=1S/C17H17N3O6S/c1-20(2)27(23,24)13-5-3-4-11(8-13)16(21)18-19-17(22)12-6-7-14-15(9-12)26-10-25-14/h3-9H,10H2,1-2H3,(H,18,21)(H,19,22). The lowest BCUT2D eigenvalue weighted by atomic mass is 10.2. The lowest BCUT2D eigenvalue weighted by Crippen LogP contribution is -2.41. The Morgan fingerprint density at radius 1 is 0.926 bits per heavy atom. The lowest BCUT2D eigenvalue weighted by molar-refractivity contribution is 0.0846. The first-order chi connectivity index (χ1) is 12.8. The van der Waals surface area contributed by atoms with Gasteiger partial charge in [-0.15, -0.1) is 0 Å². The summed E-state index contributed by atoms with van der Waals surface area (Å²) < 4.78 is 35.7. The zero-order chi connectivity index (χ0) is 19.6. The maximum absolute atomic E-state index is 12.2. The van der Waals surface area contributed by atoms with E-state index in [2.05, 4.69) is 10.9 Å². The molecule has 0 radical (unpaired) electrons. The monoisotopic (exact) mass is 391 g/mol. The van der Waals surface area contributed by atoms with Gasteiger partial charge >= 0.3 is 0 Å². The predicted molar refractivity (Wildman–Crippen MR) is 94.8 cm³/mol. The number of ether oxygens (including phenoxy) is 2. The summed E-state index contributed by atoms with van der Waals surface area (Å²) in [7, 11) is -0.880. The van der Waals surface area contributed by atoms with Crippen molar-refractivity contribution in [2.45, 2.75) is 4.90 Å². The number of nitrogens with one attached hydrogen (secondary N) is 2. The van der Waals surface area contributed by atoms with Crippen LogP contribution < -0.4 is 20.3 Å². The fourth-order valence-electron chi connectivity index (χ4n) is 2.30. The van der Waals surface area contributed by atoms with Crippen LogP contribution in [0.3, 0.4) is 0 Å². The van der Waals surface area contributed by atoms with Crippen LogP contribution in [0.25, 0.3) is 0 Å². The first-order valence-corrected chi connectivity index (χ1v) is 9.26. The zero-order valence-electron chi connectivity index (χ0n) is 14.6. The van der Waals surface area contributed by atoms with Gasteiger partial charge < -0.3 is 9.47 Å². The molecule has 0 bridgehead atoms. The number of hydrogen-bond acceptors (Lipinski definition) is 6. The van der Waals surface area contributed by atoms with Gasteiger partial charge in [0.15, 0.2) is 11.5 Å². The molecule has 1 aliphatic rings. The van der Waals surface area contributed by atoms with Gasteiger partial charge in [0, 0.05) is 25.2 Å². The smallest absolute Gasteiger partial charge is 0.269 e. The van der Waals surface area contributed by atoms with E-state index in [0.717, 1.165) is 4.31 Å². The number of amides is 2. The maximum Gasteiger partial charge on any atom is 0.269 e. The van der Waals surface area contributed by atoms with Gasteiger partial charge in [-0.1, -0.05) is 6.07 Å². The number of hydrazine groups is 1. The fraction of sp³-hybridized carbons (Fsp3) is 0.176. The first-order valence-electron chi connectivity index (χ1n) is 7.82. The molecule has 1 heterocycles. The van der Waals surface area contributed by atoms with Crippen molar-refractivity contribution >= 4 is 21.8 Å². The van der Waals surface area contributed by atoms with Crippen LogP contribution in [0.2, 0.25) is 0 Å². The Balaban J connectivity index is 1.68. The van der Waals surface area contributed by atoms with Crippen molar-refractivity contribution in [2.75, 3.05) is 20.9 Å². The molecule has 3 rings (SSSR count). The highest BCUT2D eigenvalue weighted by atomic mass is 32.2. The number of benzene rings is 2. The molecule has 0 saturated carbocycles. The molecular weight excluding hydrogens is 374 g/mol. The van der Waals surface area contributed by atoms with Crippen molar-refractivity contribution < 1.29 is 27.5 Å². The molecule has 10 heteroatoms. The molecule has 27 heavy (non-hydrogen) atoms. The number of rotatable bonds is 4. The van der Waals surface area contributed by atoms with Crippen molar-refractivity contribution in [1.82, 2.24) is 15.2 Å². The summed E-state index contributed by atoms with van der Waals surface area (Å²) in [5, 5.41) is 0. The number of hydrogen-bond donors (Lipinski definition) is 2. The highest BCUT2D eigenvalue weighted by molar-refractivity contribution is 7.89. The van der Waals surface area contributed by atoms with Crippen LogP contribution in [0.1, 0.15) is 20.7 Å². The van der Waals surface area contributed by atoms with E-state index in [-0.39, 0.29) is 22.8 Å². The third kappa shape index (κ3) is 3.86. The number of sulfonamides is 1. The Labute approximate surface area is 155 Å². The van der Waals surface area contributed by atoms with Gasteiger partial charge in [0.2, 0.25) is 16.8 Å². The molecule has 0 spiro atoms. The highest BCUT2D eigenvalue weighted by Gasteiger charge is 2.20. The zero-order valence-corrected chi connectivity index (χ0v) is 15.4. The number of carbonyl (C=O) groups excluding carboxylic acids is 2. The van der Waals surface area contributed by atoms with E-state index in [9.17, 15) is 18.0 Å². The Kier molecular flexibility index (Phi) is 5.02. The molecule has 0 fully saturated rings. The summed E-state index contributed by atoms with van der Waals surface area (Å²) in [6.45, 7) is 0.0866. The summed E-state index contributed by atoms with van der Waals surface area (Å²) in [4.78, 5) is 24.4. The molecule has 0 atom stereocenters. The molecule has 9 nitrogen and oxygen atoms in total. The van der Waals surface area contributed by atoms with Crippen LogP contribution in [0, 0.1) is 0 Å². The van der Waals surface area contributed by atoms with Crippen molar-refractivity contribution in [3.05, 3.63) is 53.6 Å².